The quantitative estimate of drug-likeness (QED) is 0.762. The molecule has 0 aliphatic heterocycles. The maximum Gasteiger partial charge on any atom is 0.137 e. The van der Waals surface area contributed by atoms with Gasteiger partial charge in [-0.1, -0.05) is 20.8 Å². The van der Waals surface area contributed by atoms with Crippen LogP contribution in [-0.2, 0) is 0 Å². The van der Waals surface area contributed by atoms with Crippen molar-refractivity contribution in [3.8, 4) is 5.75 Å². The normalized spacial score (nSPS) is 12.8. The van der Waals surface area contributed by atoms with Gasteiger partial charge in [0.1, 0.15) is 5.75 Å². The number of nitrogens with one attached hydrogen (secondary N) is 1. The molecule has 1 atom stereocenters. The molecule has 96 valence electrons. The fraction of sp³-hybridized carbons (Fsp3) is 0.615. The minimum Gasteiger partial charge on any atom is -0.492 e. The Balaban J connectivity index is 2.57. The first-order valence-corrected chi connectivity index (χ1v) is 6.12. The first-order chi connectivity index (χ1) is 8.13. The van der Waals surface area contributed by atoms with E-state index in [0.717, 1.165) is 12.0 Å². The van der Waals surface area contributed by atoms with Crippen molar-refractivity contribution >= 4 is 0 Å². The van der Waals surface area contributed by atoms with Crippen LogP contribution in [0.4, 0.5) is 0 Å². The summed E-state index contributed by atoms with van der Waals surface area (Å²) in [5.74, 6) is 0.716. The van der Waals surface area contributed by atoms with Crippen LogP contribution in [0.2, 0.25) is 0 Å². The van der Waals surface area contributed by atoms with Crippen molar-refractivity contribution in [3.05, 3.63) is 24.0 Å². The summed E-state index contributed by atoms with van der Waals surface area (Å²) in [4.78, 5) is 4.07. The van der Waals surface area contributed by atoms with Crippen LogP contribution in [0, 0.1) is 0 Å². The lowest BCUT2D eigenvalue weighted by atomic mass is 10.1. The van der Waals surface area contributed by atoms with Gasteiger partial charge in [0.25, 0.3) is 0 Å². The lowest BCUT2D eigenvalue weighted by Gasteiger charge is -2.15. The maximum absolute atomic E-state index is 9.96. The van der Waals surface area contributed by atoms with Crippen molar-refractivity contribution in [2.24, 2.45) is 0 Å². The fourth-order valence-electron chi connectivity index (χ4n) is 1.38. The van der Waals surface area contributed by atoms with Gasteiger partial charge in [0.2, 0.25) is 0 Å². The molecule has 2 N–H and O–H groups in total. The summed E-state index contributed by atoms with van der Waals surface area (Å²) < 4.78 is 5.48. The standard InChI is InChI=1S/C13H22N2O2/c1-4-5-17-12-6-11(7-14-8-12)13(16)9-15-10(2)3/h6-8,10,13,15-16H,4-5,9H2,1-3H3. The lowest BCUT2D eigenvalue weighted by Crippen LogP contribution is -2.27. The highest BCUT2D eigenvalue weighted by Crippen LogP contribution is 2.17. The van der Waals surface area contributed by atoms with Gasteiger partial charge in [0.15, 0.2) is 0 Å². The van der Waals surface area contributed by atoms with Crippen molar-refractivity contribution in [2.75, 3.05) is 13.2 Å². The zero-order chi connectivity index (χ0) is 12.7. The van der Waals surface area contributed by atoms with E-state index in [-0.39, 0.29) is 0 Å². The predicted molar refractivity (Wildman–Crippen MR) is 68.1 cm³/mol. The topological polar surface area (TPSA) is 54.4 Å². The molecule has 17 heavy (non-hydrogen) atoms. The van der Waals surface area contributed by atoms with Crippen molar-refractivity contribution in [2.45, 2.75) is 39.3 Å². The second-order valence-corrected chi connectivity index (χ2v) is 4.38. The Bertz CT molecular complexity index is 329. The molecule has 1 heterocycles. The molecule has 0 fully saturated rings. The van der Waals surface area contributed by atoms with Crippen LogP contribution in [0.15, 0.2) is 18.5 Å². The molecule has 1 aromatic heterocycles. The average Bonchev–Trinajstić information content (AvgIpc) is 2.33. The molecule has 0 radical (unpaired) electrons. The molecule has 0 aromatic carbocycles. The van der Waals surface area contributed by atoms with Crippen LogP contribution in [-0.4, -0.2) is 29.3 Å². The summed E-state index contributed by atoms with van der Waals surface area (Å²) in [5.41, 5.74) is 0.784. The number of aliphatic hydroxyl groups excluding tert-OH is 1. The molecule has 0 spiro atoms. The molecule has 1 unspecified atom stereocenters. The Morgan fingerprint density at radius 2 is 2.18 bits per heavy atom. The molecule has 0 aliphatic rings. The summed E-state index contributed by atoms with van der Waals surface area (Å²) in [5, 5.41) is 13.1. The third-order valence-electron chi connectivity index (χ3n) is 2.31. The molecule has 0 amide bonds. The molecule has 1 rings (SSSR count). The summed E-state index contributed by atoms with van der Waals surface area (Å²) in [6, 6.07) is 2.20. The van der Waals surface area contributed by atoms with E-state index >= 15 is 0 Å². The van der Waals surface area contributed by atoms with Gasteiger partial charge >= 0.3 is 0 Å². The van der Waals surface area contributed by atoms with Gasteiger partial charge in [0.05, 0.1) is 18.9 Å². The molecular weight excluding hydrogens is 216 g/mol. The van der Waals surface area contributed by atoms with E-state index in [9.17, 15) is 5.11 Å². The van der Waals surface area contributed by atoms with E-state index < -0.39 is 6.10 Å². The smallest absolute Gasteiger partial charge is 0.137 e. The van der Waals surface area contributed by atoms with Crippen molar-refractivity contribution in [3.63, 3.8) is 0 Å². The zero-order valence-corrected chi connectivity index (χ0v) is 10.8. The predicted octanol–water partition coefficient (Wildman–Crippen LogP) is 1.90. The highest BCUT2D eigenvalue weighted by atomic mass is 16.5. The monoisotopic (exact) mass is 238 g/mol. The van der Waals surface area contributed by atoms with Gasteiger partial charge < -0.3 is 15.2 Å². The summed E-state index contributed by atoms with van der Waals surface area (Å²) in [6.07, 6.45) is 3.75. The molecule has 1 aromatic rings. The van der Waals surface area contributed by atoms with Crippen LogP contribution in [0.1, 0.15) is 38.9 Å². The lowest BCUT2D eigenvalue weighted by molar-refractivity contribution is 0.170. The Kier molecular flexibility index (Phi) is 5.94. The number of aromatic nitrogens is 1. The Hall–Kier alpha value is -1.13. The SMILES string of the molecule is CCCOc1cncc(C(O)CNC(C)C)c1. The molecular formula is C13H22N2O2. The molecule has 0 saturated heterocycles. The summed E-state index contributed by atoms with van der Waals surface area (Å²) in [6.45, 7) is 7.35. The Labute approximate surface area is 103 Å². The zero-order valence-electron chi connectivity index (χ0n) is 10.8. The van der Waals surface area contributed by atoms with Gasteiger partial charge in [-0.2, -0.15) is 0 Å². The van der Waals surface area contributed by atoms with Crippen LogP contribution in [0.25, 0.3) is 0 Å². The molecule has 4 heteroatoms. The molecule has 4 nitrogen and oxygen atoms in total. The Morgan fingerprint density at radius 3 is 2.82 bits per heavy atom. The number of nitrogens with zero attached hydrogens (tertiary/aromatic N) is 1. The van der Waals surface area contributed by atoms with Gasteiger partial charge in [0, 0.05) is 24.3 Å². The molecule has 0 aliphatic carbocycles. The van der Waals surface area contributed by atoms with Gasteiger partial charge in [-0.3, -0.25) is 4.98 Å². The van der Waals surface area contributed by atoms with Crippen LogP contribution < -0.4 is 10.1 Å². The average molecular weight is 238 g/mol. The second kappa shape index (κ2) is 7.25. The number of rotatable bonds is 7. The molecule has 0 bridgehead atoms. The van der Waals surface area contributed by atoms with E-state index in [4.69, 9.17) is 4.74 Å². The fourth-order valence-corrected chi connectivity index (χ4v) is 1.38. The third-order valence-corrected chi connectivity index (χ3v) is 2.31. The minimum atomic E-state index is -0.546. The van der Waals surface area contributed by atoms with E-state index in [0.29, 0.717) is 24.9 Å². The van der Waals surface area contributed by atoms with Crippen LogP contribution in [0.3, 0.4) is 0 Å². The molecule has 0 saturated carbocycles. The van der Waals surface area contributed by atoms with Crippen molar-refractivity contribution in [1.29, 1.82) is 0 Å². The summed E-state index contributed by atoms with van der Waals surface area (Å²) >= 11 is 0. The van der Waals surface area contributed by atoms with E-state index in [1.165, 1.54) is 0 Å². The number of pyridine rings is 1. The van der Waals surface area contributed by atoms with E-state index in [1.807, 2.05) is 19.9 Å². The number of aliphatic hydroxyl groups is 1. The number of ether oxygens (including phenoxy) is 1. The van der Waals surface area contributed by atoms with Crippen molar-refractivity contribution in [1.82, 2.24) is 10.3 Å². The van der Waals surface area contributed by atoms with Crippen LogP contribution in [0.5, 0.6) is 5.75 Å². The first-order valence-electron chi connectivity index (χ1n) is 6.12. The number of hydrogen-bond donors (Lipinski definition) is 2. The number of hydrogen-bond acceptors (Lipinski definition) is 4. The maximum atomic E-state index is 9.96. The highest BCUT2D eigenvalue weighted by Gasteiger charge is 2.09. The first kappa shape index (κ1) is 13.9. The van der Waals surface area contributed by atoms with Crippen LogP contribution >= 0.6 is 0 Å². The Morgan fingerprint density at radius 1 is 1.41 bits per heavy atom. The third kappa shape index (κ3) is 5.15. The van der Waals surface area contributed by atoms with E-state index in [1.54, 1.807) is 12.4 Å². The van der Waals surface area contributed by atoms with Gasteiger partial charge in [-0.05, 0) is 12.5 Å². The second-order valence-electron chi connectivity index (χ2n) is 4.38. The van der Waals surface area contributed by atoms with Gasteiger partial charge in [-0.25, -0.2) is 0 Å². The minimum absolute atomic E-state index is 0.358. The van der Waals surface area contributed by atoms with Crippen molar-refractivity contribution < 1.29 is 9.84 Å². The largest absolute Gasteiger partial charge is 0.492 e. The van der Waals surface area contributed by atoms with Gasteiger partial charge in [-0.15, -0.1) is 0 Å². The summed E-state index contributed by atoms with van der Waals surface area (Å²) in [7, 11) is 0. The van der Waals surface area contributed by atoms with E-state index in [2.05, 4.69) is 17.2 Å². The highest BCUT2D eigenvalue weighted by molar-refractivity contribution is 5.25.